The van der Waals surface area contributed by atoms with E-state index >= 15 is 0 Å². The number of methoxy groups -OCH3 is 1. The zero-order valence-electron chi connectivity index (χ0n) is 40.5. The highest BCUT2D eigenvalue weighted by atomic mass is 16.5. The molecule has 1 aliphatic carbocycles. The minimum Gasteiger partial charge on any atom is -0.490 e. The Balaban J connectivity index is 1.20. The average molecular weight is 931 g/mol. The lowest BCUT2D eigenvalue weighted by atomic mass is 9.93. The number of benzene rings is 5. The van der Waals surface area contributed by atoms with Gasteiger partial charge in [0.15, 0.2) is 0 Å². The van der Waals surface area contributed by atoms with Gasteiger partial charge in [-0.05, 0) is 60.2 Å². The molecule has 0 N–H and O–H groups in total. The molecule has 0 amide bonds. The van der Waals surface area contributed by atoms with Gasteiger partial charge in [0.25, 0.3) is 0 Å². The summed E-state index contributed by atoms with van der Waals surface area (Å²) in [6.45, 7) is 9.47. The van der Waals surface area contributed by atoms with E-state index in [0.29, 0.717) is 119 Å². The number of nitrogens with zero attached hydrogens (tertiary/aromatic N) is 5. The Morgan fingerprint density at radius 1 is 0.559 bits per heavy atom. The molecular formula is C54H68N5O9+. The van der Waals surface area contributed by atoms with E-state index in [4.69, 9.17) is 42.3 Å². The van der Waals surface area contributed by atoms with Crippen molar-refractivity contribution < 1.29 is 42.3 Å². The third kappa shape index (κ3) is 12.3. The van der Waals surface area contributed by atoms with E-state index in [0.717, 1.165) is 78.8 Å². The van der Waals surface area contributed by atoms with Crippen molar-refractivity contribution in [3.63, 3.8) is 0 Å². The predicted molar refractivity (Wildman–Crippen MR) is 271 cm³/mol. The molecular weight excluding hydrogens is 863 g/mol. The molecule has 0 saturated carbocycles. The van der Waals surface area contributed by atoms with Crippen molar-refractivity contribution >= 4 is 33.7 Å². The van der Waals surface area contributed by atoms with E-state index < -0.39 is 0 Å². The molecule has 0 radical (unpaired) electrons. The minimum absolute atomic E-state index is 0.366. The van der Waals surface area contributed by atoms with Crippen LogP contribution in [0.2, 0.25) is 0 Å². The van der Waals surface area contributed by atoms with Crippen molar-refractivity contribution in [2.75, 3.05) is 173 Å². The zero-order valence-corrected chi connectivity index (χ0v) is 40.5. The highest BCUT2D eigenvalue weighted by Gasteiger charge is 2.23. The third-order valence-corrected chi connectivity index (χ3v) is 12.3. The van der Waals surface area contributed by atoms with Crippen LogP contribution in [0.4, 0.5) is 22.7 Å². The zero-order chi connectivity index (χ0) is 47.1. The standard InChI is InChI=1S/C54H68N5O9/c1-55(2)42-15-17-44-51(39-42)68-52-40-43(56(3)4)16-18-45(52)54(44)41-14-19-48(53(38-41)67-37-32-60-5)59-24-30-65-49-12-8-6-10-46(49)57-20-26-61-33-35-63-28-22-58(23-29-64-36-34-62-27-21-57)47-11-7-9-13-50(47)66-31-25-59/h6-19,38-40H,20-37H2,1-5H3/q+1. The number of hydrogen-bond acceptors (Lipinski definition) is 13. The van der Waals surface area contributed by atoms with Crippen molar-refractivity contribution in [3.05, 3.63) is 108 Å². The molecule has 2 bridgehead atoms. The Hall–Kier alpha value is -6.03. The summed E-state index contributed by atoms with van der Waals surface area (Å²) in [6, 6.07) is 35.7. The number of anilines is 4. The molecule has 14 heteroatoms. The van der Waals surface area contributed by atoms with Gasteiger partial charge in [0.2, 0.25) is 5.36 Å². The summed E-state index contributed by atoms with van der Waals surface area (Å²) in [5, 5.41) is 2.06. The van der Waals surface area contributed by atoms with Crippen LogP contribution >= 0.6 is 0 Å². The first-order valence-corrected chi connectivity index (χ1v) is 23.8. The first-order chi connectivity index (χ1) is 33.4. The average Bonchev–Trinajstić information content (AvgIpc) is 3.35. The molecule has 68 heavy (non-hydrogen) atoms. The lowest BCUT2D eigenvalue weighted by Gasteiger charge is -2.30. The topological polar surface area (TPSA) is 103 Å². The number of rotatable bonds is 7. The van der Waals surface area contributed by atoms with Gasteiger partial charge in [0, 0.05) is 81.7 Å². The highest BCUT2D eigenvalue weighted by molar-refractivity contribution is 6.03. The monoisotopic (exact) mass is 931 g/mol. The summed E-state index contributed by atoms with van der Waals surface area (Å²) < 4.78 is 58.9. The fraction of sp³-hybridized carbons (Fsp3) is 0.426. The van der Waals surface area contributed by atoms with Gasteiger partial charge in [0.05, 0.1) is 95.7 Å². The molecule has 4 aromatic rings. The van der Waals surface area contributed by atoms with Gasteiger partial charge in [-0.2, -0.15) is 0 Å². The first-order valence-electron chi connectivity index (χ1n) is 23.8. The SMILES string of the molecule is COCCOc1cc(-c2c3ccc(=[N+](C)C)cc-3oc3cc(N(C)C)ccc23)ccc1N1CCOc2ccccc2N2CCOCCOCCN(CCOCCOCC2)c2ccccc2OCC1. The fourth-order valence-corrected chi connectivity index (χ4v) is 8.63. The Labute approximate surface area is 401 Å². The normalized spacial score (nSPS) is 16.3. The number of ether oxygens (including phenoxy) is 8. The summed E-state index contributed by atoms with van der Waals surface area (Å²) in [6.07, 6.45) is 0. The molecule has 1 saturated heterocycles. The van der Waals surface area contributed by atoms with Crippen LogP contribution in [0.25, 0.3) is 33.4 Å². The maximum atomic E-state index is 6.74. The predicted octanol–water partition coefficient (Wildman–Crippen LogP) is 7.00. The maximum absolute atomic E-state index is 6.74. The summed E-state index contributed by atoms with van der Waals surface area (Å²) >= 11 is 0. The molecule has 4 heterocycles. The molecule has 9 rings (SSSR count). The molecule has 14 nitrogen and oxygen atoms in total. The van der Waals surface area contributed by atoms with Crippen molar-refractivity contribution in [2.24, 2.45) is 0 Å². The van der Waals surface area contributed by atoms with Crippen LogP contribution in [0.5, 0.6) is 17.2 Å². The van der Waals surface area contributed by atoms with E-state index in [1.54, 1.807) is 7.11 Å². The van der Waals surface area contributed by atoms with Gasteiger partial charge in [0.1, 0.15) is 62.5 Å². The maximum Gasteiger partial charge on any atom is 0.203 e. The molecule has 0 spiro atoms. The molecule has 1 fully saturated rings. The lowest BCUT2D eigenvalue weighted by molar-refractivity contribution is 0.0435. The number of fused-ring (bicyclic) bond motifs is 22. The first kappa shape index (κ1) is 48.4. The van der Waals surface area contributed by atoms with Crippen molar-refractivity contribution in [3.8, 4) is 39.7 Å². The minimum atomic E-state index is 0.366. The van der Waals surface area contributed by atoms with E-state index in [9.17, 15) is 0 Å². The van der Waals surface area contributed by atoms with Crippen LogP contribution < -0.4 is 43.7 Å². The smallest absolute Gasteiger partial charge is 0.203 e. The van der Waals surface area contributed by atoms with E-state index in [-0.39, 0.29) is 0 Å². The van der Waals surface area contributed by atoms with Crippen LogP contribution in [-0.2, 0) is 23.7 Å². The summed E-state index contributed by atoms with van der Waals surface area (Å²) in [4.78, 5) is 8.94. The van der Waals surface area contributed by atoms with Crippen LogP contribution in [0, 0.1) is 0 Å². The molecule has 362 valence electrons. The molecule has 0 aromatic heterocycles. The molecule has 0 atom stereocenters. The van der Waals surface area contributed by atoms with Crippen LogP contribution in [0.1, 0.15) is 0 Å². The summed E-state index contributed by atoms with van der Waals surface area (Å²) in [5.74, 6) is 3.10. The Bertz CT molecular complexity index is 2490. The van der Waals surface area contributed by atoms with Gasteiger partial charge < -0.3 is 61.9 Å². The van der Waals surface area contributed by atoms with Gasteiger partial charge in [-0.15, -0.1) is 0 Å². The van der Waals surface area contributed by atoms with Gasteiger partial charge >= 0.3 is 0 Å². The van der Waals surface area contributed by atoms with Gasteiger partial charge in [-0.25, -0.2) is 4.58 Å². The molecule has 4 aromatic carbocycles. The van der Waals surface area contributed by atoms with Crippen LogP contribution in [-0.4, -0.2) is 154 Å². The number of hydrogen-bond donors (Lipinski definition) is 0. The number of para-hydroxylation sites is 4. The highest BCUT2D eigenvalue weighted by Crippen LogP contribution is 2.43. The van der Waals surface area contributed by atoms with E-state index in [1.807, 2.05) is 64.6 Å². The van der Waals surface area contributed by atoms with Crippen molar-refractivity contribution in [1.82, 2.24) is 4.58 Å². The van der Waals surface area contributed by atoms with Crippen molar-refractivity contribution in [1.29, 1.82) is 0 Å². The largest absolute Gasteiger partial charge is 0.490 e. The molecule has 5 aliphatic rings. The second-order valence-electron chi connectivity index (χ2n) is 17.2. The second-order valence-corrected chi connectivity index (χ2v) is 17.2. The fourth-order valence-electron chi connectivity index (χ4n) is 8.63. The Morgan fingerprint density at radius 3 is 1.68 bits per heavy atom. The Kier molecular flexibility index (Phi) is 17.3. The van der Waals surface area contributed by atoms with E-state index in [1.165, 1.54) is 0 Å². The molecule has 4 aliphatic heterocycles. The summed E-state index contributed by atoms with van der Waals surface area (Å²) in [7, 11) is 9.86. The third-order valence-electron chi connectivity index (χ3n) is 12.3. The van der Waals surface area contributed by atoms with E-state index in [2.05, 4.69) is 90.9 Å². The Morgan fingerprint density at radius 2 is 1.12 bits per heavy atom. The molecule has 0 unspecified atom stereocenters. The summed E-state index contributed by atoms with van der Waals surface area (Å²) in [5.41, 5.74) is 7.82. The van der Waals surface area contributed by atoms with Gasteiger partial charge in [-0.1, -0.05) is 30.3 Å². The quantitative estimate of drug-likeness (QED) is 0.0712. The second kappa shape index (κ2) is 24.3. The lowest BCUT2D eigenvalue weighted by Crippen LogP contribution is -2.34. The van der Waals surface area contributed by atoms with Crippen LogP contribution in [0.15, 0.2) is 108 Å². The van der Waals surface area contributed by atoms with Crippen molar-refractivity contribution in [2.45, 2.75) is 0 Å². The van der Waals surface area contributed by atoms with Crippen LogP contribution in [0.3, 0.4) is 0 Å². The van der Waals surface area contributed by atoms with Gasteiger partial charge in [-0.3, -0.25) is 0 Å².